The number of β-amino-alcohol motifs (C(OH)–C–C–N with tert-alkyl or cyclic N) is 1. The van der Waals surface area contributed by atoms with Crippen molar-refractivity contribution >= 4 is 39.2 Å². The number of fused-ring (bicyclic) bond motifs is 3. The van der Waals surface area contributed by atoms with E-state index in [2.05, 4.69) is 25.5 Å². The van der Waals surface area contributed by atoms with Crippen molar-refractivity contribution in [2.45, 2.75) is 57.3 Å². The number of H-pyrrole nitrogens is 1. The number of anilines is 1. The van der Waals surface area contributed by atoms with Crippen LogP contribution in [0.25, 0.3) is 33.1 Å². The summed E-state index contributed by atoms with van der Waals surface area (Å²) in [6.45, 7) is 5.48. The van der Waals surface area contributed by atoms with Crippen LogP contribution in [0, 0.1) is 18.2 Å². The molecule has 13 nitrogen and oxygen atoms in total. The van der Waals surface area contributed by atoms with Crippen LogP contribution in [0.2, 0.25) is 5.02 Å². The number of nitrogens with zero attached hydrogens (tertiary/aromatic N) is 5. The first-order valence-corrected chi connectivity index (χ1v) is 16.2. The van der Waals surface area contributed by atoms with Crippen LogP contribution in [0.1, 0.15) is 44.6 Å². The van der Waals surface area contributed by atoms with Crippen molar-refractivity contribution in [2.24, 2.45) is 5.41 Å². The lowest BCUT2D eigenvalue weighted by Gasteiger charge is -2.47. The predicted octanol–water partition coefficient (Wildman–Crippen LogP) is 4.47. The highest BCUT2D eigenvalue weighted by Gasteiger charge is 2.59. The zero-order chi connectivity index (χ0) is 33.0. The van der Waals surface area contributed by atoms with Crippen LogP contribution in [-0.4, -0.2) is 95.3 Å². The van der Waals surface area contributed by atoms with Crippen LogP contribution < -0.4 is 19.7 Å². The van der Waals surface area contributed by atoms with Crippen LogP contribution in [-0.2, 0) is 14.5 Å². The molecule has 3 aliphatic rings. The van der Waals surface area contributed by atoms with Gasteiger partial charge in [-0.25, -0.2) is 19.1 Å². The minimum Gasteiger partial charge on any atom is -0.480 e. The molecule has 3 fully saturated rings. The fourth-order valence-electron chi connectivity index (χ4n) is 7.59. The Kier molecular flexibility index (Phi) is 8.38. The number of pyridine rings is 1. The van der Waals surface area contributed by atoms with Crippen molar-refractivity contribution in [1.29, 1.82) is 0 Å². The SMILES string of the molecule is COOC12CCC[C@]1(COc1nc(N3CCOC[C@@](C)(O)C3)c3c(OC)nc(-c4c(C)c(Cl)cc5[nH]ncc45)c(F)c3n1)CCCN2. The monoisotopic (exact) mass is 671 g/mol. The van der Waals surface area contributed by atoms with Gasteiger partial charge in [-0.1, -0.05) is 11.6 Å². The second-order valence-electron chi connectivity index (χ2n) is 13.0. The van der Waals surface area contributed by atoms with Gasteiger partial charge < -0.3 is 24.2 Å². The van der Waals surface area contributed by atoms with Crippen molar-refractivity contribution in [3.05, 3.63) is 28.7 Å². The predicted molar refractivity (Wildman–Crippen MR) is 172 cm³/mol. The highest BCUT2D eigenvalue weighted by atomic mass is 35.5. The number of methoxy groups -OCH3 is 1. The standard InChI is InChI=1S/C32H39ClFN7O6/c1-18-20(33)13-21-19(14-36-40-21)22(18)25-24(34)26-23(28(37-25)43-3)27(41-11-12-45-16-30(2,42)15-41)39-29(38-26)46-17-31-7-5-9-32(31,47-44-4)35-10-6-8-31/h13-14,35,42H,5-12,15-17H2,1-4H3,(H,36,40)/t30-,31+,32?/m0/s1. The molecule has 2 aliphatic heterocycles. The van der Waals surface area contributed by atoms with Gasteiger partial charge in [-0.15, -0.1) is 0 Å². The molecule has 2 saturated heterocycles. The van der Waals surface area contributed by atoms with Crippen molar-refractivity contribution in [1.82, 2.24) is 30.5 Å². The van der Waals surface area contributed by atoms with Crippen LogP contribution >= 0.6 is 11.6 Å². The van der Waals surface area contributed by atoms with Gasteiger partial charge >= 0.3 is 6.01 Å². The molecule has 5 heterocycles. The van der Waals surface area contributed by atoms with Crippen LogP contribution in [0.15, 0.2) is 12.3 Å². The summed E-state index contributed by atoms with van der Waals surface area (Å²) in [6.07, 6.45) is 5.93. The molecule has 4 aromatic rings. The van der Waals surface area contributed by atoms with E-state index >= 15 is 4.39 Å². The lowest BCUT2D eigenvalue weighted by Crippen LogP contribution is -2.62. The molecule has 3 N–H and O–H groups in total. The Morgan fingerprint density at radius 2 is 2.00 bits per heavy atom. The van der Waals surface area contributed by atoms with Gasteiger partial charge in [0.25, 0.3) is 0 Å². The fourth-order valence-corrected chi connectivity index (χ4v) is 7.79. The number of piperidine rings is 1. The number of benzene rings is 1. The first-order valence-electron chi connectivity index (χ1n) is 15.8. The Balaban J connectivity index is 1.41. The Bertz CT molecular complexity index is 1820. The number of halogens is 2. The summed E-state index contributed by atoms with van der Waals surface area (Å²) in [4.78, 5) is 27.1. The van der Waals surface area contributed by atoms with Gasteiger partial charge in [-0.3, -0.25) is 10.4 Å². The molecule has 0 amide bonds. The van der Waals surface area contributed by atoms with Crippen molar-refractivity contribution in [3.63, 3.8) is 0 Å². The zero-order valence-corrected chi connectivity index (χ0v) is 27.7. The van der Waals surface area contributed by atoms with Crippen LogP contribution in [0.4, 0.5) is 10.2 Å². The number of aromatic amines is 1. The van der Waals surface area contributed by atoms with E-state index in [-0.39, 0.29) is 48.2 Å². The lowest BCUT2D eigenvalue weighted by molar-refractivity contribution is -0.383. The van der Waals surface area contributed by atoms with E-state index < -0.39 is 22.6 Å². The third-order valence-electron chi connectivity index (χ3n) is 9.82. The average Bonchev–Trinajstić information content (AvgIpc) is 3.62. The number of aromatic nitrogens is 5. The number of hydrogen-bond donors (Lipinski definition) is 3. The zero-order valence-electron chi connectivity index (χ0n) is 26.9. The van der Waals surface area contributed by atoms with Crippen molar-refractivity contribution in [3.8, 4) is 23.1 Å². The number of rotatable bonds is 8. The molecule has 1 unspecified atom stereocenters. The van der Waals surface area contributed by atoms with E-state index in [1.165, 1.54) is 14.2 Å². The van der Waals surface area contributed by atoms with Crippen molar-refractivity contribution in [2.75, 3.05) is 58.6 Å². The summed E-state index contributed by atoms with van der Waals surface area (Å²) in [6, 6.07) is 1.72. The summed E-state index contributed by atoms with van der Waals surface area (Å²) >= 11 is 6.59. The van der Waals surface area contributed by atoms with Gasteiger partial charge in [-0.05, 0) is 64.1 Å². The highest BCUT2D eigenvalue weighted by molar-refractivity contribution is 6.33. The maximum atomic E-state index is 17.1. The summed E-state index contributed by atoms with van der Waals surface area (Å²) in [5.41, 5.74) is -0.651. The Labute approximate surface area is 276 Å². The molecule has 7 rings (SSSR count). The fraction of sp³-hybridized carbons (Fsp3) is 0.562. The molecule has 0 bridgehead atoms. The normalized spacial score (nSPS) is 26.5. The van der Waals surface area contributed by atoms with E-state index in [0.717, 1.165) is 38.6 Å². The smallest absolute Gasteiger partial charge is 0.319 e. The molecule has 1 aromatic carbocycles. The Hall–Kier alpha value is -3.40. The van der Waals surface area contributed by atoms with E-state index in [1.807, 2.05) is 4.90 Å². The molecule has 1 aliphatic carbocycles. The number of hydrogen-bond acceptors (Lipinski definition) is 12. The van der Waals surface area contributed by atoms with Crippen molar-refractivity contribution < 1.29 is 33.5 Å². The summed E-state index contributed by atoms with van der Waals surface area (Å²) in [7, 11) is 2.97. The summed E-state index contributed by atoms with van der Waals surface area (Å²) in [5.74, 6) is -0.278. The number of aliphatic hydroxyl groups is 1. The molecular formula is C32H39ClFN7O6. The average molecular weight is 672 g/mol. The summed E-state index contributed by atoms with van der Waals surface area (Å²) < 4.78 is 35.0. The first-order chi connectivity index (χ1) is 22.6. The maximum Gasteiger partial charge on any atom is 0.319 e. The van der Waals surface area contributed by atoms with E-state index in [0.29, 0.717) is 46.0 Å². The lowest BCUT2D eigenvalue weighted by atomic mass is 9.74. The third kappa shape index (κ3) is 5.44. The van der Waals surface area contributed by atoms with E-state index in [9.17, 15) is 5.11 Å². The molecular weight excluding hydrogens is 633 g/mol. The molecule has 47 heavy (non-hydrogen) atoms. The number of ether oxygens (including phenoxy) is 3. The molecule has 0 spiro atoms. The second kappa shape index (κ2) is 12.2. The Morgan fingerprint density at radius 1 is 1.17 bits per heavy atom. The quantitative estimate of drug-likeness (QED) is 0.179. The van der Waals surface area contributed by atoms with Gasteiger partial charge in [0.05, 0.1) is 51.1 Å². The topological polar surface area (TPSA) is 149 Å². The largest absolute Gasteiger partial charge is 0.480 e. The first kappa shape index (κ1) is 32.2. The van der Waals surface area contributed by atoms with E-state index in [1.54, 1.807) is 26.1 Å². The minimum absolute atomic E-state index is 0.000856. The van der Waals surface area contributed by atoms with Gasteiger partial charge in [-0.2, -0.15) is 15.1 Å². The Morgan fingerprint density at radius 3 is 2.81 bits per heavy atom. The molecule has 15 heteroatoms. The van der Waals surface area contributed by atoms with Gasteiger partial charge in [0, 0.05) is 22.5 Å². The van der Waals surface area contributed by atoms with E-state index in [4.69, 9.17) is 40.6 Å². The second-order valence-corrected chi connectivity index (χ2v) is 13.4. The molecule has 252 valence electrons. The highest BCUT2D eigenvalue weighted by Crippen LogP contribution is 2.52. The summed E-state index contributed by atoms with van der Waals surface area (Å²) in [5, 5.41) is 23.0. The molecule has 0 radical (unpaired) electrons. The van der Waals surface area contributed by atoms with Crippen LogP contribution in [0.3, 0.4) is 0 Å². The third-order valence-corrected chi connectivity index (χ3v) is 10.2. The molecule has 3 aromatic heterocycles. The van der Waals surface area contributed by atoms with Gasteiger partial charge in [0.15, 0.2) is 11.5 Å². The van der Waals surface area contributed by atoms with Gasteiger partial charge in [0.1, 0.15) is 34.6 Å². The molecule has 1 saturated carbocycles. The maximum absolute atomic E-state index is 17.1. The van der Waals surface area contributed by atoms with Gasteiger partial charge in [0.2, 0.25) is 5.88 Å². The minimum atomic E-state index is -1.20. The van der Waals surface area contributed by atoms with Crippen LogP contribution in [0.5, 0.6) is 11.9 Å². The molecule has 3 atom stereocenters. The number of nitrogens with one attached hydrogen (secondary N) is 2.